The highest BCUT2D eigenvalue weighted by Crippen LogP contribution is 2.33. The zero-order chi connectivity index (χ0) is 14.9. The summed E-state index contributed by atoms with van der Waals surface area (Å²) >= 11 is 11.6. The van der Waals surface area contributed by atoms with Gasteiger partial charge in [0, 0.05) is 25.2 Å². The van der Waals surface area contributed by atoms with Crippen molar-refractivity contribution in [3.63, 3.8) is 0 Å². The number of rotatable bonds is 3. The Hall–Kier alpha value is -1.79. The minimum Gasteiger partial charge on any atom is -0.506 e. The first-order chi connectivity index (χ1) is 9.43. The summed E-state index contributed by atoms with van der Waals surface area (Å²) in [6, 6.07) is 3.04. The van der Waals surface area contributed by atoms with E-state index in [1.807, 2.05) is 0 Å². The molecule has 8 heteroatoms. The predicted molar refractivity (Wildman–Crippen MR) is 74.0 cm³/mol. The van der Waals surface area contributed by atoms with Gasteiger partial charge in [-0.05, 0) is 12.1 Å². The molecule has 20 heavy (non-hydrogen) atoms. The normalized spacial score (nSPS) is 10.6. The average molecular weight is 316 g/mol. The van der Waals surface area contributed by atoms with Crippen molar-refractivity contribution in [1.29, 1.82) is 0 Å². The second-order valence-electron chi connectivity index (χ2n) is 4.22. The van der Waals surface area contributed by atoms with Crippen LogP contribution >= 0.6 is 23.2 Å². The molecule has 0 saturated heterocycles. The molecular weight excluding hydrogens is 305 g/mol. The number of phenols is 1. The molecule has 6 nitrogen and oxygen atoms in total. The van der Waals surface area contributed by atoms with Crippen LogP contribution in [0.1, 0.15) is 16.2 Å². The van der Waals surface area contributed by atoms with Gasteiger partial charge in [-0.2, -0.15) is 4.98 Å². The quantitative estimate of drug-likeness (QED) is 0.880. The number of aromatic nitrogens is 2. The van der Waals surface area contributed by atoms with Gasteiger partial charge in [-0.15, -0.1) is 11.6 Å². The molecule has 0 aliphatic heterocycles. The molecule has 0 bridgehead atoms. The summed E-state index contributed by atoms with van der Waals surface area (Å²) in [7, 11) is 3.17. The van der Waals surface area contributed by atoms with Crippen molar-refractivity contribution in [2.75, 3.05) is 14.1 Å². The van der Waals surface area contributed by atoms with Crippen LogP contribution in [0.4, 0.5) is 0 Å². The number of hydrogen-bond donors (Lipinski definition) is 1. The van der Waals surface area contributed by atoms with E-state index in [1.54, 1.807) is 20.2 Å². The molecule has 2 aromatic rings. The number of benzene rings is 1. The number of alkyl halides is 1. The first kappa shape index (κ1) is 14.6. The minimum atomic E-state index is -0.373. The second-order valence-corrected chi connectivity index (χ2v) is 4.90. The Kier molecular flexibility index (Phi) is 4.15. The number of phenolic OH excluding ortho intramolecular Hbond substituents is 1. The first-order valence-corrected chi connectivity index (χ1v) is 6.48. The molecular formula is C12H11Cl2N3O3. The summed E-state index contributed by atoms with van der Waals surface area (Å²) in [6.07, 6.45) is 0. The van der Waals surface area contributed by atoms with Crippen molar-refractivity contribution in [3.8, 4) is 17.2 Å². The van der Waals surface area contributed by atoms with Gasteiger partial charge in [-0.25, -0.2) is 0 Å². The Morgan fingerprint density at radius 3 is 2.75 bits per heavy atom. The standard InChI is InChI=1S/C12H11Cl2N3O3/c1-17(2)12(19)10-15-11(20-16-10)6-3-7(5-13)9(18)8(14)4-6/h3-4,18H,5H2,1-2H3. The van der Waals surface area contributed by atoms with E-state index in [4.69, 9.17) is 27.7 Å². The molecule has 1 aromatic heterocycles. The first-order valence-electron chi connectivity index (χ1n) is 5.57. The van der Waals surface area contributed by atoms with Crippen molar-refractivity contribution in [2.24, 2.45) is 0 Å². The fourth-order valence-corrected chi connectivity index (χ4v) is 1.95. The minimum absolute atomic E-state index is 0.0541. The molecule has 1 heterocycles. The van der Waals surface area contributed by atoms with Crippen LogP contribution < -0.4 is 0 Å². The molecule has 1 N–H and O–H groups in total. The maximum atomic E-state index is 11.7. The van der Waals surface area contributed by atoms with E-state index in [0.717, 1.165) is 0 Å². The second kappa shape index (κ2) is 5.68. The van der Waals surface area contributed by atoms with Crippen LogP contribution in [0.2, 0.25) is 5.02 Å². The lowest BCUT2D eigenvalue weighted by atomic mass is 10.1. The van der Waals surface area contributed by atoms with Crippen molar-refractivity contribution in [1.82, 2.24) is 15.0 Å². The average Bonchev–Trinajstić information content (AvgIpc) is 2.90. The van der Waals surface area contributed by atoms with Crippen LogP contribution in [-0.2, 0) is 5.88 Å². The van der Waals surface area contributed by atoms with Gasteiger partial charge in [0.2, 0.25) is 0 Å². The highest BCUT2D eigenvalue weighted by molar-refractivity contribution is 6.32. The molecule has 0 fully saturated rings. The van der Waals surface area contributed by atoms with Gasteiger partial charge in [0.05, 0.1) is 10.9 Å². The van der Waals surface area contributed by atoms with Gasteiger partial charge < -0.3 is 14.5 Å². The van der Waals surface area contributed by atoms with Crippen molar-refractivity contribution < 1.29 is 14.4 Å². The highest BCUT2D eigenvalue weighted by Gasteiger charge is 2.19. The lowest BCUT2D eigenvalue weighted by Gasteiger charge is -2.05. The van der Waals surface area contributed by atoms with Crippen LogP contribution in [0.15, 0.2) is 16.7 Å². The third-order valence-corrected chi connectivity index (χ3v) is 3.13. The molecule has 0 spiro atoms. The van der Waals surface area contributed by atoms with E-state index >= 15 is 0 Å². The Morgan fingerprint density at radius 2 is 2.15 bits per heavy atom. The fourth-order valence-electron chi connectivity index (χ4n) is 1.51. The van der Waals surface area contributed by atoms with Crippen molar-refractivity contribution in [2.45, 2.75) is 5.88 Å². The SMILES string of the molecule is CN(C)C(=O)c1noc(-c2cc(Cl)c(O)c(CCl)c2)n1. The van der Waals surface area contributed by atoms with Crippen molar-refractivity contribution >= 4 is 29.1 Å². The molecule has 0 radical (unpaired) electrons. The van der Waals surface area contributed by atoms with Gasteiger partial charge in [-0.3, -0.25) is 4.79 Å². The van der Waals surface area contributed by atoms with Crippen LogP contribution in [0.5, 0.6) is 5.75 Å². The molecule has 0 aliphatic carbocycles. The number of halogens is 2. The third-order valence-electron chi connectivity index (χ3n) is 2.56. The van der Waals surface area contributed by atoms with E-state index in [2.05, 4.69) is 10.1 Å². The van der Waals surface area contributed by atoms with E-state index < -0.39 is 0 Å². The number of carbonyl (C=O) groups excluding carboxylic acids is 1. The van der Waals surface area contributed by atoms with Crippen LogP contribution in [0.3, 0.4) is 0 Å². The Balaban J connectivity index is 2.42. The Morgan fingerprint density at radius 1 is 1.45 bits per heavy atom. The fraction of sp³-hybridized carbons (Fsp3) is 0.250. The van der Waals surface area contributed by atoms with E-state index in [9.17, 15) is 9.90 Å². The number of nitrogens with zero attached hydrogens (tertiary/aromatic N) is 3. The molecule has 106 valence electrons. The Bertz CT molecular complexity index is 655. The Labute approximate surface area is 124 Å². The topological polar surface area (TPSA) is 79.5 Å². The summed E-state index contributed by atoms with van der Waals surface area (Å²) in [6.45, 7) is 0. The molecule has 0 aliphatic rings. The molecule has 1 aromatic carbocycles. The highest BCUT2D eigenvalue weighted by atomic mass is 35.5. The number of carbonyl (C=O) groups is 1. The smallest absolute Gasteiger partial charge is 0.294 e. The van der Waals surface area contributed by atoms with Crippen LogP contribution in [0, 0.1) is 0 Å². The lowest BCUT2D eigenvalue weighted by Crippen LogP contribution is -2.22. The number of aromatic hydroxyl groups is 1. The maximum Gasteiger partial charge on any atom is 0.294 e. The van der Waals surface area contributed by atoms with Crippen LogP contribution in [0.25, 0.3) is 11.5 Å². The van der Waals surface area contributed by atoms with Gasteiger partial charge in [0.1, 0.15) is 5.75 Å². The number of amides is 1. The molecule has 2 rings (SSSR count). The van der Waals surface area contributed by atoms with Gasteiger partial charge in [0.25, 0.3) is 17.6 Å². The molecule has 1 amide bonds. The molecule has 0 atom stereocenters. The van der Waals surface area contributed by atoms with E-state index in [-0.39, 0.29) is 34.3 Å². The summed E-state index contributed by atoms with van der Waals surface area (Å²) in [5.41, 5.74) is 0.918. The largest absolute Gasteiger partial charge is 0.506 e. The third kappa shape index (κ3) is 2.71. The van der Waals surface area contributed by atoms with E-state index in [1.165, 1.54) is 11.0 Å². The summed E-state index contributed by atoms with van der Waals surface area (Å²) in [5.74, 6) is -0.307. The van der Waals surface area contributed by atoms with Crippen LogP contribution in [-0.4, -0.2) is 40.1 Å². The van der Waals surface area contributed by atoms with Gasteiger partial charge in [-0.1, -0.05) is 16.8 Å². The maximum absolute atomic E-state index is 11.7. The zero-order valence-corrected chi connectivity index (χ0v) is 12.2. The predicted octanol–water partition coefficient (Wildman–Crippen LogP) is 2.54. The summed E-state index contributed by atoms with van der Waals surface area (Å²) in [4.78, 5) is 17.0. The van der Waals surface area contributed by atoms with Crippen molar-refractivity contribution in [3.05, 3.63) is 28.5 Å². The van der Waals surface area contributed by atoms with Gasteiger partial charge >= 0.3 is 0 Å². The summed E-state index contributed by atoms with van der Waals surface area (Å²) in [5, 5.41) is 13.4. The van der Waals surface area contributed by atoms with Gasteiger partial charge in [0.15, 0.2) is 0 Å². The summed E-state index contributed by atoms with van der Waals surface area (Å²) < 4.78 is 5.02. The van der Waals surface area contributed by atoms with E-state index in [0.29, 0.717) is 11.1 Å². The monoisotopic (exact) mass is 315 g/mol. The molecule has 0 saturated carbocycles. The number of hydrogen-bond acceptors (Lipinski definition) is 5. The lowest BCUT2D eigenvalue weighted by molar-refractivity contribution is 0.0812. The molecule has 0 unspecified atom stereocenters. The zero-order valence-electron chi connectivity index (χ0n) is 10.7.